The van der Waals surface area contributed by atoms with Gasteiger partial charge in [-0.05, 0) is 36.8 Å². The Bertz CT molecular complexity index is 1350. The number of anilines is 3. The summed E-state index contributed by atoms with van der Waals surface area (Å²) in [5.41, 5.74) is 8.58. The lowest BCUT2D eigenvalue weighted by Crippen LogP contribution is -2.04. The van der Waals surface area contributed by atoms with Gasteiger partial charge in [0.25, 0.3) is 0 Å². The molecule has 0 aliphatic heterocycles. The summed E-state index contributed by atoms with van der Waals surface area (Å²) in [7, 11) is -3.36. The van der Waals surface area contributed by atoms with Crippen LogP contribution in [0.25, 0.3) is 22.2 Å². The first-order chi connectivity index (χ1) is 13.7. The summed E-state index contributed by atoms with van der Waals surface area (Å²) >= 11 is 0. The summed E-state index contributed by atoms with van der Waals surface area (Å²) in [5, 5.41) is 10.3. The van der Waals surface area contributed by atoms with Crippen LogP contribution < -0.4 is 11.1 Å². The average molecular weight is 412 g/mol. The highest BCUT2D eigenvalue weighted by molar-refractivity contribution is 7.90. The van der Waals surface area contributed by atoms with Crippen LogP contribution in [0.4, 0.5) is 21.8 Å². The fraction of sp³-hybridized carbons (Fsp3) is 0.105. The maximum absolute atomic E-state index is 13.9. The number of benzene rings is 2. The molecule has 0 saturated carbocycles. The first kappa shape index (κ1) is 18.8. The van der Waals surface area contributed by atoms with Crippen LogP contribution in [0.1, 0.15) is 5.56 Å². The van der Waals surface area contributed by atoms with Crippen LogP contribution in [0.15, 0.2) is 47.5 Å². The predicted molar refractivity (Wildman–Crippen MR) is 109 cm³/mol. The van der Waals surface area contributed by atoms with E-state index in [1.54, 1.807) is 31.2 Å². The molecule has 4 aromatic rings. The SMILES string of the molecule is Cc1cc(Nc2ncc(-c3[nH]nc4c(F)cccc34)c(N)n2)cc(S(C)(=O)=O)c1. The molecule has 2 aromatic carbocycles. The van der Waals surface area contributed by atoms with Crippen LogP contribution in [-0.4, -0.2) is 34.8 Å². The lowest BCUT2D eigenvalue weighted by atomic mass is 10.1. The Morgan fingerprint density at radius 2 is 2.00 bits per heavy atom. The van der Waals surface area contributed by atoms with Gasteiger partial charge in [0.2, 0.25) is 5.95 Å². The van der Waals surface area contributed by atoms with Crippen molar-refractivity contribution < 1.29 is 12.8 Å². The fourth-order valence-corrected chi connectivity index (χ4v) is 3.76. The van der Waals surface area contributed by atoms with E-state index in [2.05, 4.69) is 25.5 Å². The molecule has 0 aliphatic carbocycles. The number of hydrogen-bond acceptors (Lipinski definition) is 7. The summed E-state index contributed by atoms with van der Waals surface area (Å²) in [4.78, 5) is 8.68. The third kappa shape index (κ3) is 3.61. The topological polar surface area (TPSA) is 127 Å². The van der Waals surface area contributed by atoms with Crippen LogP contribution in [-0.2, 0) is 9.84 Å². The van der Waals surface area contributed by atoms with Crippen molar-refractivity contribution in [2.75, 3.05) is 17.3 Å². The van der Waals surface area contributed by atoms with Gasteiger partial charge in [0, 0.05) is 23.5 Å². The molecule has 0 atom stereocenters. The number of nitrogen functional groups attached to an aromatic ring is 1. The van der Waals surface area contributed by atoms with Gasteiger partial charge in [0.15, 0.2) is 15.7 Å². The van der Waals surface area contributed by atoms with Gasteiger partial charge in [-0.2, -0.15) is 10.1 Å². The number of nitrogens with zero attached hydrogens (tertiary/aromatic N) is 3. The molecule has 10 heteroatoms. The van der Waals surface area contributed by atoms with Gasteiger partial charge in [-0.25, -0.2) is 17.8 Å². The molecule has 8 nitrogen and oxygen atoms in total. The number of para-hydroxylation sites is 1. The van der Waals surface area contributed by atoms with Gasteiger partial charge in [0.1, 0.15) is 11.3 Å². The fourth-order valence-electron chi connectivity index (χ4n) is 3.02. The first-order valence-corrected chi connectivity index (χ1v) is 10.5. The second-order valence-corrected chi connectivity index (χ2v) is 8.67. The van der Waals surface area contributed by atoms with Crippen LogP contribution in [0.5, 0.6) is 0 Å². The molecular weight excluding hydrogens is 395 g/mol. The molecule has 0 unspecified atom stereocenters. The molecule has 2 heterocycles. The molecule has 0 bridgehead atoms. The standard InChI is InChI=1S/C19H17FN6O2S/c1-10-6-11(8-12(7-10)29(2,27)28)23-19-22-9-14(18(21)24-19)16-13-4-3-5-15(20)17(13)26-25-16/h3-9H,1-2H3,(H,25,26)(H3,21,22,23,24). The summed E-state index contributed by atoms with van der Waals surface area (Å²) in [6, 6.07) is 9.49. The number of fused-ring (bicyclic) bond motifs is 1. The maximum Gasteiger partial charge on any atom is 0.229 e. The van der Waals surface area contributed by atoms with Crippen molar-refractivity contribution in [2.24, 2.45) is 0 Å². The first-order valence-electron chi connectivity index (χ1n) is 8.56. The Morgan fingerprint density at radius 1 is 1.21 bits per heavy atom. The van der Waals surface area contributed by atoms with E-state index < -0.39 is 15.7 Å². The summed E-state index contributed by atoms with van der Waals surface area (Å²) < 4.78 is 37.5. The van der Waals surface area contributed by atoms with Gasteiger partial charge in [-0.3, -0.25) is 5.10 Å². The van der Waals surface area contributed by atoms with Crippen LogP contribution in [0.2, 0.25) is 0 Å². The average Bonchev–Trinajstić information content (AvgIpc) is 3.06. The van der Waals surface area contributed by atoms with E-state index >= 15 is 0 Å². The van der Waals surface area contributed by atoms with E-state index in [4.69, 9.17) is 5.73 Å². The van der Waals surface area contributed by atoms with E-state index in [0.717, 1.165) is 11.8 Å². The molecule has 4 rings (SSSR count). The van der Waals surface area contributed by atoms with Gasteiger partial charge in [0.05, 0.1) is 16.2 Å². The quantitative estimate of drug-likeness (QED) is 0.470. The summed E-state index contributed by atoms with van der Waals surface area (Å²) in [5.74, 6) is -0.0801. The van der Waals surface area contributed by atoms with Crippen LogP contribution in [0.3, 0.4) is 0 Å². The van der Waals surface area contributed by atoms with Gasteiger partial charge < -0.3 is 11.1 Å². The molecular formula is C19H17FN6O2S. The van der Waals surface area contributed by atoms with Crippen LogP contribution in [0, 0.1) is 12.7 Å². The number of aromatic nitrogens is 4. The number of hydrogen-bond donors (Lipinski definition) is 3. The van der Waals surface area contributed by atoms with Crippen molar-refractivity contribution in [3.8, 4) is 11.3 Å². The Hall–Kier alpha value is -3.53. The van der Waals surface area contributed by atoms with Gasteiger partial charge in [-0.1, -0.05) is 12.1 Å². The van der Waals surface area contributed by atoms with Gasteiger partial charge >= 0.3 is 0 Å². The zero-order valence-corrected chi connectivity index (χ0v) is 16.4. The third-order valence-corrected chi connectivity index (χ3v) is 5.45. The van der Waals surface area contributed by atoms with Crippen molar-refractivity contribution in [3.63, 3.8) is 0 Å². The highest BCUT2D eigenvalue weighted by Crippen LogP contribution is 2.31. The number of aromatic amines is 1. The van der Waals surface area contributed by atoms with E-state index in [-0.39, 0.29) is 22.2 Å². The van der Waals surface area contributed by atoms with E-state index in [0.29, 0.717) is 22.3 Å². The number of nitrogens with one attached hydrogen (secondary N) is 2. The Labute approximate surface area is 165 Å². The van der Waals surface area contributed by atoms with Crippen molar-refractivity contribution in [1.29, 1.82) is 0 Å². The van der Waals surface area contributed by atoms with Crippen molar-refractivity contribution in [3.05, 3.63) is 54.0 Å². The molecule has 29 heavy (non-hydrogen) atoms. The second-order valence-electron chi connectivity index (χ2n) is 6.66. The number of aryl methyl sites for hydroxylation is 1. The molecule has 0 aliphatic rings. The number of nitrogens with two attached hydrogens (primary N) is 1. The third-order valence-electron chi connectivity index (χ3n) is 4.36. The minimum atomic E-state index is -3.36. The predicted octanol–water partition coefficient (Wildman–Crippen LogP) is 3.20. The smallest absolute Gasteiger partial charge is 0.229 e. The van der Waals surface area contributed by atoms with E-state index in [1.165, 1.54) is 18.3 Å². The van der Waals surface area contributed by atoms with Gasteiger partial charge in [-0.15, -0.1) is 0 Å². The van der Waals surface area contributed by atoms with Crippen molar-refractivity contribution in [2.45, 2.75) is 11.8 Å². The minimum Gasteiger partial charge on any atom is -0.383 e. The molecule has 0 fully saturated rings. The van der Waals surface area contributed by atoms with E-state index in [9.17, 15) is 12.8 Å². The monoisotopic (exact) mass is 412 g/mol. The lowest BCUT2D eigenvalue weighted by molar-refractivity contribution is 0.602. The van der Waals surface area contributed by atoms with Crippen molar-refractivity contribution in [1.82, 2.24) is 20.2 Å². The molecule has 0 spiro atoms. The number of rotatable bonds is 4. The highest BCUT2D eigenvalue weighted by Gasteiger charge is 2.15. The Kier molecular flexibility index (Phi) is 4.42. The minimum absolute atomic E-state index is 0.160. The lowest BCUT2D eigenvalue weighted by Gasteiger charge is -2.10. The molecule has 0 saturated heterocycles. The molecule has 0 radical (unpaired) electrons. The zero-order valence-electron chi connectivity index (χ0n) is 15.6. The molecule has 0 amide bonds. The van der Waals surface area contributed by atoms with E-state index in [1.807, 2.05) is 0 Å². The number of halogens is 1. The normalized spacial score (nSPS) is 11.7. The largest absolute Gasteiger partial charge is 0.383 e. The molecule has 148 valence electrons. The second kappa shape index (κ2) is 6.82. The van der Waals surface area contributed by atoms with Crippen molar-refractivity contribution >= 4 is 38.2 Å². The van der Waals surface area contributed by atoms with Crippen LogP contribution >= 0.6 is 0 Å². The Balaban J connectivity index is 1.70. The number of H-pyrrole nitrogens is 1. The number of sulfone groups is 1. The molecule has 2 aromatic heterocycles. The highest BCUT2D eigenvalue weighted by atomic mass is 32.2. The summed E-state index contributed by atoms with van der Waals surface area (Å²) in [6.07, 6.45) is 2.64. The summed E-state index contributed by atoms with van der Waals surface area (Å²) in [6.45, 7) is 1.79. The molecule has 4 N–H and O–H groups in total. The maximum atomic E-state index is 13.9. The Morgan fingerprint density at radius 3 is 2.72 bits per heavy atom. The zero-order chi connectivity index (χ0) is 20.8.